The highest BCUT2D eigenvalue weighted by Crippen LogP contribution is 2.53. The van der Waals surface area contributed by atoms with Gasteiger partial charge in [0.05, 0.1) is 6.10 Å². The SMILES string of the molecule is CCCCNc1cc(N2CC(O)C3(CC3)C2)nc(N)n1. The summed E-state index contributed by atoms with van der Waals surface area (Å²) in [5.41, 5.74) is 5.92. The van der Waals surface area contributed by atoms with Gasteiger partial charge in [-0.1, -0.05) is 13.3 Å². The fourth-order valence-corrected chi connectivity index (χ4v) is 2.88. The van der Waals surface area contributed by atoms with Crippen molar-refractivity contribution in [2.45, 2.75) is 38.7 Å². The van der Waals surface area contributed by atoms with Crippen LogP contribution in [0.3, 0.4) is 0 Å². The van der Waals surface area contributed by atoms with Crippen molar-refractivity contribution >= 4 is 17.6 Å². The van der Waals surface area contributed by atoms with Crippen molar-refractivity contribution in [2.75, 3.05) is 35.6 Å². The molecule has 6 nitrogen and oxygen atoms in total. The van der Waals surface area contributed by atoms with Crippen LogP contribution in [0.4, 0.5) is 17.6 Å². The lowest BCUT2D eigenvalue weighted by Gasteiger charge is -2.18. The van der Waals surface area contributed by atoms with Gasteiger partial charge in [0.2, 0.25) is 5.95 Å². The molecule has 1 aromatic heterocycles. The molecule has 2 heterocycles. The summed E-state index contributed by atoms with van der Waals surface area (Å²) in [6, 6.07) is 1.93. The average Bonchev–Trinajstić information content (AvgIpc) is 3.11. The molecule has 1 aliphatic heterocycles. The van der Waals surface area contributed by atoms with E-state index in [-0.39, 0.29) is 17.5 Å². The van der Waals surface area contributed by atoms with Crippen molar-refractivity contribution in [1.29, 1.82) is 0 Å². The van der Waals surface area contributed by atoms with E-state index in [1.54, 1.807) is 0 Å². The fraction of sp³-hybridized carbons (Fsp3) is 0.714. The van der Waals surface area contributed by atoms with Gasteiger partial charge in [-0.3, -0.25) is 0 Å². The van der Waals surface area contributed by atoms with Crippen LogP contribution < -0.4 is 16.0 Å². The van der Waals surface area contributed by atoms with Crippen molar-refractivity contribution in [3.63, 3.8) is 0 Å². The Morgan fingerprint density at radius 2 is 2.30 bits per heavy atom. The largest absolute Gasteiger partial charge is 0.391 e. The molecular weight excluding hydrogens is 254 g/mol. The van der Waals surface area contributed by atoms with Gasteiger partial charge in [-0.05, 0) is 19.3 Å². The van der Waals surface area contributed by atoms with E-state index >= 15 is 0 Å². The van der Waals surface area contributed by atoms with Crippen LogP contribution in [0.2, 0.25) is 0 Å². The molecule has 0 bridgehead atoms. The Morgan fingerprint density at radius 3 is 2.95 bits per heavy atom. The lowest BCUT2D eigenvalue weighted by molar-refractivity contribution is 0.136. The molecular formula is C14H23N5O. The number of aromatic nitrogens is 2. The number of nitrogen functional groups attached to an aromatic ring is 1. The second-order valence-corrected chi connectivity index (χ2v) is 6.01. The molecule has 0 radical (unpaired) electrons. The number of aliphatic hydroxyl groups excluding tert-OH is 1. The van der Waals surface area contributed by atoms with Crippen LogP contribution >= 0.6 is 0 Å². The summed E-state index contributed by atoms with van der Waals surface area (Å²) >= 11 is 0. The van der Waals surface area contributed by atoms with Crippen LogP contribution in [-0.4, -0.2) is 40.8 Å². The van der Waals surface area contributed by atoms with Gasteiger partial charge in [-0.25, -0.2) is 0 Å². The van der Waals surface area contributed by atoms with E-state index < -0.39 is 0 Å². The molecule has 1 spiro atoms. The molecule has 1 aliphatic carbocycles. The second-order valence-electron chi connectivity index (χ2n) is 6.01. The molecule has 1 unspecified atom stereocenters. The lowest BCUT2D eigenvalue weighted by atomic mass is 10.0. The van der Waals surface area contributed by atoms with Crippen LogP contribution in [0.15, 0.2) is 6.07 Å². The van der Waals surface area contributed by atoms with E-state index in [2.05, 4.69) is 27.1 Å². The van der Waals surface area contributed by atoms with Gasteiger partial charge in [0, 0.05) is 31.1 Å². The fourth-order valence-electron chi connectivity index (χ4n) is 2.88. The maximum Gasteiger partial charge on any atom is 0.223 e. The molecule has 0 aromatic carbocycles. The summed E-state index contributed by atoms with van der Waals surface area (Å²) in [5.74, 6) is 1.87. The monoisotopic (exact) mass is 277 g/mol. The number of nitrogens with two attached hydrogens (primary N) is 1. The van der Waals surface area contributed by atoms with E-state index in [4.69, 9.17) is 5.73 Å². The van der Waals surface area contributed by atoms with Crippen molar-refractivity contribution in [2.24, 2.45) is 5.41 Å². The van der Waals surface area contributed by atoms with Gasteiger partial charge < -0.3 is 21.1 Å². The molecule has 1 aromatic rings. The maximum atomic E-state index is 10.1. The molecule has 20 heavy (non-hydrogen) atoms. The van der Waals surface area contributed by atoms with Crippen molar-refractivity contribution in [3.05, 3.63) is 6.07 Å². The third kappa shape index (κ3) is 2.52. The molecule has 3 rings (SSSR count). The smallest absolute Gasteiger partial charge is 0.223 e. The lowest BCUT2D eigenvalue weighted by Crippen LogP contribution is -2.23. The topological polar surface area (TPSA) is 87.3 Å². The molecule has 1 saturated heterocycles. The first kappa shape index (κ1) is 13.4. The number of nitrogens with zero attached hydrogens (tertiary/aromatic N) is 3. The van der Waals surface area contributed by atoms with Crippen LogP contribution in [0.5, 0.6) is 0 Å². The minimum atomic E-state index is -0.241. The summed E-state index contributed by atoms with van der Waals surface area (Å²) in [6.45, 7) is 4.56. The molecule has 1 atom stereocenters. The summed E-state index contributed by atoms with van der Waals surface area (Å²) in [5, 5.41) is 13.4. The molecule has 2 aliphatic rings. The van der Waals surface area contributed by atoms with E-state index in [1.165, 1.54) is 0 Å². The predicted octanol–water partition coefficient (Wildman–Crippen LogP) is 1.23. The molecule has 110 valence electrons. The highest BCUT2D eigenvalue weighted by molar-refractivity contribution is 5.54. The number of aliphatic hydroxyl groups is 1. The third-order valence-corrected chi connectivity index (χ3v) is 4.39. The first-order valence-electron chi connectivity index (χ1n) is 7.44. The van der Waals surface area contributed by atoms with Gasteiger partial charge in [0.25, 0.3) is 0 Å². The number of β-amino-alcohol motifs (C(OH)–C–C–N with tert-alkyl or cyclic N) is 1. The van der Waals surface area contributed by atoms with Crippen LogP contribution in [0.1, 0.15) is 32.6 Å². The minimum Gasteiger partial charge on any atom is -0.391 e. The molecule has 4 N–H and O–H groups in total. The Hall–Kier alpha value is -1.56. The number of unbranched alkanes of at least 4 members (excludes halogenated alkanes) is 1. The highest BCUT2D eigenvalue weighted by atomic mass is 16.3. The van der Waals surface area contributed by atoms with Crippen LogP contribution in [-0.2, 0) is 0 Å². The van der Waals surface area contributed by atoms with E-state index in [0.717, 1.165) is 50.4 Å². The number of anilines is 3. The number of nitrogens with one attached hydrogen (secondary N) is 1. The maximum absolute atomic E-state index is 10.1. The minimum absolute atomic E-state index is 0.121. The Balaban J connectivity index is 1.73. The van der Waals surface area contributed by atoms with Crippen LogP contribution in [0.25, 0.3) is 0 Å². The quantitative estimate of drug-likeness (QED) is 0.702. The third-order valence-electron chi connectivity index (χ3n) is 4.39. The summed E-state index contributed by atoms with van der Waals surface area (Å²) < 4.78 is 0. The van der Waals surface area contributed by atoms with E-state index in [1.807, 2.05) is 6.07 Å². The van der Waals surface area contributed by atoms with Crippen LogP contribution in [0, 0.1) is 5.41 Å². The average molecular weight is 277 g/mol. The number of hydrogen-bond donors (Lipinski definition) is 3. The van der Waals surface area contributed by atoms with Crippen molar-refractivity contribution in [1.82, 2.24) is 9.97 Å². The van der Waals surface area contributed by atoms with Gasteiger partial charge in [0.15, 0.2) is 0 Å². The highest BCUT2D eigenvalue weighted by Gasteiger charge is 2.54. The number of hydrogen-bond acceptors (Lipinski definition) is 6. The molecule has 6 heteroatoms. The summed E-state index contributed by atoms with van der Waals surface area (Å²) in [4.78, 5) is 10.7. The standard InChI is InChI=1S/C14H23N5O/c1-2-3-6-16-11-7-12(18-13(15)17-11)19-8-10(20)14(9-19)4-5-14/h7,10,20H,2-6,8-9H2,1H3,(H3,15,16,17,18). The second kappa shape index (κ2) is 5.09. The number of rotatable bonds is 5. The van der Waals surface area contributed by atoms with E-state index in [0.29, 0.717) is 6.54 Å². The predicted molar refractivity (Wildman–Crippen MR) is 79.7 cm³/mol. The van der Waals surface area contributed by atoms with Gasteiger partial charge >= 0.3 is 0 Å². The van der Waals surface area contributed by atoms with Crippen molar-refractivity contribution in [3.8, 4) is 0 Å². The first-order chi connectivity index (χ1) is 9.63. The van der Waals surface area contributed by atoms with Gasteiger partial charge in [0.1, 0.15) is 11.6 Å². The normalized spacial score (nSPS) is 23.3. The summed E-state index contributed by atoms with van der Waals surface area (Å²) in [7, 11) is 0. The van der Waals surface area contributed by atoms with Gasteiger partial charge in [-0.2, -0.15) is 9.97 Å². The Morgan fingerprint density at radius 1 is 1.50 bits per heavy atom. The molecule has 2 fully saturated rings. The van der Waals surface area contributed by atoms with Gasteiger partial charge in [-0.15, -0.1) is 0 Å². The Bertz CT molecular complexity index is 488. The zero-order valence-corrected chi connectivity index (χ0v) is 12.0. The first-order valence-corrected chi connectivity index (χ1v) is 7.44. The summed E-state index contributed by atoms with van der Waals surface area (Å²) in [6.07, 6.45) is 4.24. The molecule has 1 saturated carbocycles. The Labute approximate surface area is 119 Å². The Kier molecular flexibility index (Phi) is 3.41. The zero-order chi connectivity index (χ0) is 14.2. The van der Waals surface area contributed by atoms with Crippen molar-refractivity contribution < 1.29 is 5.11 Å². The van der Waals surface area contributed by atoms with E-state index in [9.17, 15) is 5.11 Å². The zero-order valence-electron chi connectivity index (χ0n) is 12.0. The molecule has 0 amide bonds.